The maximum atomic E-state index is 13.6. The standard InChI is InChI=1S/C23H27N3O6/c27-11-10-25(14-16-6-2-1-3-7-16)22(23(28)24-17-8-4-5-9-17)18-12-20-21(32-15-31-20)13-19(18)26(29)30/h1-3,6-7,12-13,17,22,27H,4-5,8-11,14-15H2,(H,24,28). The van der Waals surface area contributed by atoms with Gasteiger partial charge in [0, 0.05) is 19.1 Å². The Morgan fingerprint density at radius 1 is 1.19 bits per heavy atom. The minimum Gasteiger partial charge on any atom is -0.454 e. The normalized spacial score (nSPS) is 16.3. The molecular formula is C23H27N3O6. The zero-order valence-electron chi connectivity index (χ0n) is 17.7. The summed E-state index contributed by atoms with van der Waals surface area (Å²) in [6.07, 6.45) is 3.87. The number of nitrogens with one attached hydrogen (secondary N) is 1. The number of amides is 1. The molecule has 2 aromatic carbocycles. The summed E-state index contributed by atoms with van der Waals surface area (Å²) in [5.41, 5.74) is 0.943. The minimum absolute atomic E-state index is 0.0285. The van der Waals surface area contributed by atoms with Crippen LogP contribution in [0.25, 0.3) is 0 Å². The van der Waals surface area contributed by atoms with Gasteiger partial charge in [0.1, 0.15) is 6.04 Å². The molecule has 1 amide bonds. The van der Waals surface area contributed by atoms with Crippen molar-refractivity contribution in [3.05, 3.63) is 63.7 Å². The number of rotatable bonds is 9. The molecule has 9 heteroatoms. The summed E-state index contributed by atoms with van der Waals surface area (Å²) in [5, 5.41) is 24.8. The molecule has 1 aliphatic carbocycles. The number of benzene rings is 2. The molecule has 170 valence electrons. The van der Waals surface area contributed by atoms with Crippen molar-refractivity contribution in [1.82, 2.24) is 10.2 Å². The molecule has 1 heterocycles. The number of aliphatic hydroxyl groups is 1. The van der Waals surface area contributed by atoms with Crippen molar-refractivity contribution in [2.75, 3.05) is 19.9 Å². The number of carbonyl (C=O) groups excluding carboxylic acids is 1. The molecule has 2 N–H and O–H groups in total. The highest BCUT2D eigenvalue weighted by molar-refractivity contribution is 5.85. The van der Waals surface area contributed by atoms with Crippen molar-refractivity contribution in [3.63, 3.8) is 0 Å². The zero-order valence-corrected chi connectivity index (χ0v) is 17.7. The van der Waals surface area contributed by atoms with Gasteiger partial charge >= 0.3 is 0 Å². The lowest BCUT2D eigenvalue weighted by Crippen LogP contribution is -2.44. The molecule has 2 aliphatic rings. The monoisotopic (exact) mass is 441 g/mol. The van der Waals surface area contributed by atoms with Gasteiger partial charge in [-0.15, -0.1) is 0 Å². The van der Waals surface area contributed by atoms with E-state index >= 15 is 0 Å². The lowest BCUT2D eigenvalue weighted by molar-refractivity contribution is -0.386. The number of carbonyl (C=O) groups is 1. The van der Waals surface area contributed by atoms with E-state index in [1.54, 1.807) is 4.90 Å². The predicted molar refractivity (Wildman–Crippen MR) is 116 cm³/mol. The lowest BCUT2D eigenvalue weighted by Gasteiger charge is -2.31. The van der Waals surface area contributed by atoms with E-state index in [2.05, 4.69) is 5.32 Å². The van der Waals surface area contributed by atoms with Crippen LogP contribution in [-0.2, 0) is 11.3 Å². The number of aliphatic hydroxyl groups excluding tert-OH is 1. The molecule has 9 nitrogen and oxygen atoms in total. The second-order valence-electron chi connectivity index (χ2n) is 8.09. The molecule has 0 radical (unpaired) electrons. The van der Waals surface area contributed by atoms with Crippen LogP contribution in [0.1, 0.15) is 42.9 Å². The third kappa shape index (κ3) is 4.84. The molecule has 1 aliphatic heterocycles. The molecule has 1 saturated carbocycles. The van der Waals surface area contributed by atoms with E-state index in [9.17, 15) is 20.0 Å². The first kappa shape index (κ1) is 22.0. The van der Waals surface area contributed by atoms with Gasteiger partial charge in [0.25, 0.3) is 5.69 Å². The molecule has 4 rings (SSSR count). The molecule has 2 aromatic rings. The highest BCUT2D eigenvalue weighted by Crippen LogP contribution is 2.42. The minimum atomic E-state index is -0.974. The van der Waals surface area contributed by atoms with Crippen LogP contribution in [-0.4, -0.2) is 46.8 Å². The topological polar surface area (TPSA) is 114 Å². The van der Waals surface area contributed by atoms with Crippen molar-refractivity contribution in [2.45, 2.75) is 44.3 Å². The third-order valence-electron chi connectivity index (χ3n) is 5.94. The molecule has 0 bridgehead atoms. The van der Waals surface area contributed by atoms with Gasteiger partial charge in [-0.2, -0.15) is 0 Å². The zero-order chi connectivity index (χ0) is 22.5. The van der Waals surface area contributed by atoms with E-state index in [-0.39, 0.29) is 48.9 Å². The van der Waals surface area contributed by atoms with Gasteiger partial charge in [-0.25, -0.2) is 0 Å². The molecule has 32 heavy (non-hydrogen) atoms. The number of ether oxygens (including phenoxy) is 2. The molecular weight excluding hydrogens is 414 g/mol. The molecule has 0 aromatic heterocycles. The van der Waals surface area contributed by atoms with Crippen molar-refractivity contribution in [3.8, 4) is 11.5 Å². The van der Waals surface area contributed by atoms with Crippen LogP contribution in [0.15, 0.2) is 42.5 Å². The van der Waals surface area contributed by atoms with Gasteiger partial charge < -0.3 is 19.9 Å². The van der Waals surface area contributed by atoms with Crippen LogP contribution in [0.2, 0.25) is 0 Å². The van der Waals surface area contributed by atoms with Crippen LogP contribution in [0.3, 0.4) is 0 Å². The Hall–Kier alpha value is -3.17. The third-order valence-corrected chi connectivity index (χ3v) is 5.94. The van der Waals surface area contributed by atoms with Crippen LogP contribution in [0.4, 0.5) is 5.69 Å². The number of fused-ring (bicyclic) bond motifs is 1. The van der Waals surface area contributed by atoms with Crippen LogP contribution < -0.4 is 14.8 Å². The van der Waals surface area contributed by atoms with Gasteiger partial charge in [0.15, 0.2) is 11.5 Å². The van der Waals surface area contributed by atoms with Gasteiger partial charge in [-0.05, 0) is 24.5 Å². The van der Waals surface area contributed by atoms with Gasteiger partial charge in [-0.3, -0.25) is 19.8 Å². The Labute approximate surface area is 186 Å². The molecule has 1 fully saturated rings. The molecule has 1 unspecified atom stereocenters. The fourth-order valence-electron chi connectivity index (χ4n) is 4.42. The first-order chi connectivity index (χ1) is 15.6. The van der Waals surface area contributed by atoms with E-state index in [0.29, 0.717) is 12.3 Å². The van der Waals surface area contributed by atoms with E-state index in [1.807, 2.05) is 30.3 Å². The van der Waals surface area contributed by atoms with Crippen molar-refractivity contribution in [1.29, 1.82) is 0 Å². The van der Waals surface area contributed by atoms with Crippen molar-refractivity contribution >= 4 is 11.6 Å². The SMILES string of the molecule is O=C(NC1CCCC1)C(c1cc2c(cc1[N+](=O)[O-])OCO2)N(CCO)Cc1ccccc1. The highest BCUT2D eigenvalue weighted by atomic mass is 16.7. The Balaban J connectivity index is 1.76. The van der Waals surface area contributed by atoms with Crippen LogP contribution in [0, 0.1) is 10.1 Å². The average molecular weight is 441 g/mol. The summed E-state index contributed by atoms with van der Waals surface area (Å²) >= 11 is 0. The number of nitro groups is 1. The summed E-state index contributed by atoms with van der Waals surface area (Å²) in [4.78, 5) is 26.8. The number of nitro benzene ring substituents is 1. The largest absolute Gasteiger partial charge is 0.454 e. The lowest BCUT2D eigenvalue weighted by atomic mass is 9.99. The second kappa shape index (κ2) is 9.97. The highest BCUT2D eigenvalue weighted by Gasteiger charge is 2.36. The summed E-state index contributed by atoms with van der Waals surface area (Å²) in [5.74, 6) is 0.336. The summed E-state index contributed by atoms with van der Waals surface area (Å²) in [6.45, 7) is 0.288. The van der Waals surface area contributed by atoms with E-state index in [1.165, 1.54) is 12.1 Å². The average Bonchev–Trinajstić information content (AvgIpc) is 3.45. The predicted octanol–water partition coefficient (Wildman–Crippen LogP) is 2.92. The van der Waals surface area contributed by atoms with E-state index in [4.69, 9.17) is 9.47 Å². The van der Waals surface area contributed by atoms with E-state index < -0.39 is 11.0 Å². The van der Waals surface area contributed by atoms with Crippen molar-refractivity contribution in [2.24, 2.45) is 0 Å². The Kier molecular flexibility index (Phi) is 6.87. The Morgan fingerprint density at radius 2 is 1.88 bits per heavy atom. The van der Waals surface area contributed by atoms with Crippen molar-refractivity contribution < 1.29 is 24.3 Å². The van der Waals surface area contributed by atoms with Crippen LogP contribution in [0.5, 0.6) is 11.5 Å². The van der Waals surface area contributed by atoms with E-state index in [0.717, 1.165) is 31.2 Å². The summed E-state index contributed by atoms with van der Waals surface area (Å²) < 4.78 is 10.8. The maximum absolute atomic E-state index is 13.6. The fraction of sp³-hybridized carbons (Fsp3) is 0.435. The first-order valence-corrected chi connectivity index (χ1v) is 10.8. The Bertz CT molecular complexity index is 962. The molecule has 0 saturated heterocycles. The number of hydrogen-bond acceptors (Lipinski definition) is 7. The quantitative estimate of drug-likeness (QED) is 0.454. The number of nitrogens with zero attached hydrogens (tertiary/aromatic N) is 2. The molecule has 0 spiro atoms. The smallest absolute Gasteiger partial charge is 0.278 e. The molecule has 1 atom stereocenters. The first-order valence-electron chi connectivity index (χ1n) is 10.8. The second-order valence-corrected chi connectivity index (χ2v) is 8.09. The Morgan fingerprint density at radius 3 is 2.53 bits per heavy atom. The van der Waals surface area contributed by atoms with Gasteiger partial charge in [0.05, 0.1) is 23.2 Å². The van der Waals surface area contributed by atoms with Crippen LogP contribution >= 0.6 is 0 Å². The summed E-state index contributed by atoms with van der Waals surface area (Å²) in [6, 6.07) is 11.4. The number of hydrogen-bond donors (Lipinski definition) is 2. The van der Waals surface area contributed by atoms with Gasteiger partial charge in [-0.1, -0.05) is 43.2 Å². The maximum Gasteiger partial charge on any atom is 0.278 e. The summed E-state index contributed by atoms with van der Waals surface area (Å²) in [7, 11) is 0. The van der Waals surface area contributed by atoms with Gasteiger partial charge in [0.2, 0.25) is 12.7 Å². The fourth-order valence-corrected chi connectivity index (χ4v) is 4.42.